The molecular weight excluding hydrogens is 511 g/mol. The number of allylic oxidation sites excluding steroid dienone is 1. The lowest BCUT2D eigenvalue weighted by molar-refractivity contribution is -0.112. The van der Waals surface area contributed by atoms with Crippen molar-refractivity contribution in [3.8, 4) is 0 Å². The van der Waals surface area contributed by atoms with Gasteiger partial charge in [-0.1, -0.05) is 6.07 Å². The largest absolute Gasteiger partial charge is 0.391 e. The molecule has 1 aromatic carbocycles. The quantitative estimate of drug-likeness (QED) is 0.462. The van der Waals surface area contributed by atoms with Crippen molar-refractivity contribution in [1.29, 1.82) is 0 Å². The van der Waals surface area contributed by atoms with E-state index in [1.807, 2.05) is 4.90 Å². The Morgan fingerprint density at radius 3 is 2.59 bits per heavy atom. The number of nitrogens with one attached hydrogen (secondary N) is 1. The van der Waals surface area contributed by atoms with Crippen molar-refractivity contribution in [2.75, 3.05) is 23.3 Å². The molecule has 2 aliphatic carbocycles. The van der Waals surface area contributed by atoms with Gasteiger partial charge >= 0.3 is 0 Å². The van der Waals surface area contributed by atoms with E-state index < -0.39 is 53.2 Å². The molecule has 0 radical (unpaired) electrons. The number of aliphatic hydroxyl groups excluding tert-OH is 2. The van der Waals surface area contributed by atoms with E-state index in [4.69, 9.17) is 5.73 Å². The van der Waals surface area contributed by atoms with E-state index in [1.54, 1.807) is 0 Å². The Morgan fingerprint density at radius 1 is 1.13 bits per heavy atom. The highest BCUT2D eigenvalue weighted by atomic mass is 19.1. The van der Waals surface area contributed by atoms with Crippen LogP contribution in [0.3, 0.4) is 0 Å². The zero-order chi connectivity index (χ0) is 27.4. The molecule has 1 saturated carbocycles. The average molecular weight is 542 g/mol. The standard InChI is InChI=1S/C28H30F3N5O3/c29-16-2-1-3-17(30)23(16)25-18(31)7-8-20(34-25)28(39)35-21-10-33-24-14(6-9-22(24)37)26(21)36-11-15(13-4-5-13)27(38)19(32)12-36/h1-3,8,10,13,15,18-19,22,27,37-38H,4-7,9,11-12,32H2,(H,35,39)/t15?,18?,19-,22?,27-/m1/s1. The first-order valence-corrected chi connectivity index (χ1v) is 13.3. The number of carbonyl (C=O) groups excluding carboxylic acids is 1. The van der Waals surface area contributed by atoms with Crippen LogP contribution in [0.25, 0.3) is 0 Å². The third-order valence-electron chi connectivity index (χ3n) is 8.21. The van der Waals surface area contributed by atoms with E-state index in [0.29, 0.717) is 48.9 Å². The molecule has 3 unspecified atom stereocenters. The summed E-state index contributed by atoms with van der Waals surface area (Å²) in [4.78, 5) is 23.8. The summed E-state index contributed by atoms with van der Waals surface area (Å²) in [6.07, 6.45) is 2.48. The zero-order valence-corrected chi connectivity index (χ0v) is 21.2. The van der Waals surface area contributed by atoms with Gasteiger partial charge in [0.2, 0.25) is 0 Å². The second kappa shape index (κ2) is 10.0. The smallest absolute Gasteiger partial charge is 0.274 e. The summed E-state index contributed by atoms with van der Waals surface area (Å²) in [7, 11) is 0. The average Bonchev–Trinajstić information content (AvgIpc) is 3.68. The zero-order valence-electron chi connectivity index (χ0n) is 21.2. The number of rotatable bonds is 5. The number of pyridine rings is 1. The number of hydrogen-bond donors (Lipinski definition) is 4. The van der Waals surface area contributed by atoms with Gasteiger partial charge in [0, 0.05) is 37.0 Å². The first kappa shape index (κ1) is 26.0. The van der Waals surface area contributed by atoms with Gasteiger partial charge in [-0.25, -0.2) is 18.2 Å². The number of halogens is 3. The van der Waals surface area contributed by atoms with E-state index in [0.717, 1.165) is 30.5 Å². The Kier molecular flexibility index (Phi) is 6.68. The fourth-order valence-electron chi connectivity index (χ4n) is 6.07. The number of aliphatic hydroxyl groups is 2. The molecule has 11 heteroatoms. The molecule has 0 bridgehead atoms. The normalized spacial score (nSPS) is 28.6. The molecule has 5 atom stereocenters. The number of benzene rings is 1. The molecular formula is C28H30F3N5O3. The van der Waals surface area contributed by atoms with Crippen molar-refractivity contribution in [3.05, 3.63) is 64.6 Å². The van der Waals surface area contributed by atoms with Crippen molar-refractivity contribution in [1.82, 2.24) is 4.98 Å². The molecule has 2 aromatic rings. The van der Waals surface area contributed by atoms with Gasteiger partial charge in [0.1, 0.15) is 23.5 Å². The van der Waals surface area contributed by atoms with Crippen LogP contribution < -0.4 is 16.0 Å². The predicted octanol–water partition coefficient (Wildman–Crippen LogP) is 2.93. The molecule has 5 N–H and O–H groups in total. The molecule has 3 heterocycles. The number of anilines is 2. The maximum Gasteiger partial charge on any atom is 0.274 e. The van der Waals surface area contributed by atoms with Gasteiger partial charge in [-0.05, 0) is 49.8 Å². The Morgan fingerprint density at radius 2 is 1.87 bits per heavy atom. The van der Waals surface area contributed by atoms with Crippen molar-refractivity contribution in [2.45, 2.75) is 56.5 Å². The molecule has 206 valence electrons. The fraction of sp³-hybridized carbons (Fsp3) is 0.464. The Bertz CT molecular complexity index is 1360. The van der Waals surface area contributed by atoms with E-state index in [-0.39, 0.29) is 18.0 Å². The molecule has 6 rings (SSSR count). The molecule has 1 saturated heterocycles. The highest BCUT2D eigenvalue weighted by Gasteiger charge is 2.44. The van der Waals surface area contributed by atoms with Crippen LogP contribution in [0.2, 0.25) is 0 Å². The lowest BCUT2D eigenvalue weighted by Gasteiger charge is -2.42. The third-order valence-corrected chi connectivity index (χ3v) is 8.21. The molecule has 2 aliphatic heterocycles. The minimum absolute atomic E-state index is 0.0159. The van der Waals surface area contributed by atoms with Crippen LogP contribution in [0.5, 0.6) is 0 Å². The van der Waals surface area contributed by atoms with Gasteiger partial charge in [0.05, 0.1) is 46.7 Å². The van der Waals surface area contributed by atoms with Crippen LogP contribution >= 0.6 is 0 Å². The summed E-state index contributed by atoms with van der Waals surface area (Å²) in [5, 5.41) is 24.0. The third kappa shape index (κ3) is 4.72. The van der Waals surface area contributed by atoms with E-state index >= 15 is 0 Å². The first-order valence-electron chi connectivity index (χ1n) is 13.3. The summed E-state index contributed by atoms with van der Waals surface area (Å²) < 4.78 is 43.5. The molecule has 1 aromatic heterocycles. The van der Waals surface area contributed by atoms with Gasteiger partial charge in [-0.15, -0.1) is 0 Å². The molecule has 8 nitrogen and oxygen atoms in total. The minimum Gasteiger partial charge on any atom is -0.391 e. The molecule has 1 amide bonds. The Hall–Kier alpha value is -3.28. The minimum atomic E-state index is -1.77. The Labute approximate surface area is 223 Å². The van der Waals surface area contributed by atoms with Crippen molar-refractivity contribution in [2.24, 2.45) is 22.6 Å². The van der Waals surface area contributed by atoms with Crippen LogP contribution in [0, 0.1) is 23.5 Å². The Balaban J connectivity index is 1.33. The molecule has 2 fully saturated rings. The summed E-state index contributed by atoms with van der Waals surface area (Å²) in [5.74, 6) is -2.23. The second-order valence-corrected chi connectivity index (χ2v) is 10.8. The second-order valence-electron chi connectivity index (χ2n) is 10.8. The van der Waals surface area contributed by atoms with Gasteiger partial charge < -0.3 is 26.2 Å². The lowest BCUT2D eigenvalue weighted by atomic mass is 9.86. The number of fused-ring (bicyclic) bond motifs is 1. The van der Waals surface area contributed by atoms with Gasteiger partial charge in [-0.2, -0.15) is 0 Å². The number of nitrogens with two attached hydrogens (primary N) is 1. The monoisotopic (exact) mass is 541 g/mol. The predicted molar refractivity (Wildman–Crippen MR) is 139 cm³/mol. The maximum absolute atomic E-state index is 14.7. The van der Waals surface area contributed by atoms with Crippen molar-refractivity contribution < 1.29 is 28.2 Å². The fourth-order valence-corrected chi connectivity index (χ4v) is 6.07. The lowest BCUT2D eigenvalue weighted by Crippen LogP contribution is -2.57. The number of aliphatic imine (C=N–C) groups is 1. The number of piperidine rings is 1. The van der Waals surface area contributed by atoms with E-state index in [9.17, 15) is 28.2 Å². The van der Waals surface area contributed by atoms with E-state index in [2.05, 4.69) is 15.3 Å². The molecule has 39 heavy (non-hydrogen) atoms. The summed E-state index contributed by atoms with van der Waals surface area (Å²) in [6.45, 7) is 0.886. The number of nitrogens with zero attached hydrogens (tertiary/aromatic N) is 3. The topological polar surface area (TPSA) is 124 Å². The number of carbonyl (C=O) groups is 1. The molecule has 4 aliphatic rings. The van der Waals surface area contributed by atoms with Crippen molar-refractivity contribution >= 4 is 23.0 Å². The number of alkyl halides is 1. The van der Waals surface area contributed by atoms with Crippen LogP contribution in [0.15, 0.2) is 41.2 Å². The number of amides is 1. The van der Waals surface area contributed by atoms with E-state index in [1.165, 1.54) is 18.3 Å². The highest BCUT2D eigenvalue weighted by molar-refractivity contribution is 6.12. The maximum atomic E-state index is 14.7. The highest BCUT2D eigenvalue weighted by Crippen LogP contribution is 2.45. The van der Waals surface area contributed by atoms with Crippen LogP contribution in [0.4, 0.5) is 24.5 Å². The van der Waals surface area contributed by atoms with Gasteiger partial charge in [0.15, 0.2) is 0 Å². The SMILES string of the molecule is N[C@@H]1CN(c2c(NC(=O)C3=CCC(F)C(c4c(F)cccc4F)=N3)cnc3c2CCC3O)CC(C2CC2)[C@H]1O. The van der Waals surface area contributed by atoms with Crippen molar-refractivity contribution in [3.63, 3.8) is 0 Å². The number of hydrogen-bond acceptors (Lipinski definition) is 7. The van der Waals surface area contributed by atoms with Gasteiger partial charge in [-0.3, -0.25) is 9.78 Å². The van der Waals surface area contributed by atoms with Crippen LogP contribution in [-0.4, -0.2) is 58.2 Å². The van der Waals surface area contributed by atoms with Gasteiger partial charge in [0.25, 0.3) is 5.91 Å². The number of aromatic nitrogens is 1. The summed E-state index contributed by atoms with van der Waals surface area (Å²) in [6, 6.07) is 2.70. The first-order chi connectivity index (χ1) is 18.7. The summed E-state index contributed by atoms with van der Waals surface area (Å²) in [5.41, 5.74) is 7.49. The van der Waals surface area contributed by atoms with Crippen LogP contribution in [0.1, 0.15) is 48.6 Å². The van der Waals surface area contributed by atoms with Crippen LogP contribution in [-0.2, 0) is 11.2 Å². The summed E-state index contributed by atoms with van der Waals surface area (Å²) >= 11 is 0. The molecule has 0 spiro atoms.